The first-order valence-electron chi connectivity index (χ1n) is 13.6. The van der Waals surface area contributed by atoms with Crippen molar-refractivity contribution in [3.05, 3.63) is 11.6 Å². The summed E-state index contributed by atoms with van der Waals surface area (Å²) in [6.07, 6.45) is 13.8. The Morgan fingerprint density at radius 3 is 2.45 bits per heavy atom. The molecule has 5 aliphatic rings. The minimum absolute atomic E-state index is 0.152. The van der Waals surface area contributed by atoms with E-state index in [9.17, 15) is 9.90 Å². The lowest BCUT2D eigenvalue weighted by molar-refractivity contribution is -0.135. The molecule has 5 aliphatic carbocycles. The van der Waals surface area contributed by atoms with Crippen LogP contribution in [-0.2, 0) is 4.79 Å². The molecule has 4 unspecified atom stereocenters. The second-order valence-corrected chi connectivity index (χ2v) is 13.3. The fourth-order valence-corrected chi connectivity index (χ4v) is 9.44. The van der Waals surface area contributed by atoms with E-state index in [1.165, 1.54) is 50.5 Å². The van der Waals surface area contributed by atoms with E-state index >= 15 is 0 Å². The predicted molar refractivity (Wildman–Crippen MR) is 126 cm³/mol. The highest BCUT2D eigenvalue weighted by Crippen LogP contribution is 2.66. The minimum atomic E-state index is -0.240. The fraction of sp³-hybridized carbons (Fsp3) is 0.897. The molecule has 174 valence electrons. The number of carbonyl (C=O) groups is 1. The summed E-state index contributed by atoms with van der Waals surface area (Å²) in [4.78, 5) is 13.5. The molecule has 4 fully saturated rings. The molecule has 4 saturated carbocycles. The molecule has 0 aliphatic heterocycles. The van der Waals surface area contributed by atoms with Gasteiger partial charge in [0.05, 0.1) is 6.10 Å². The van der Waals surface area contributed by atoms with Crippen LogP contribution in [0.25, 0.3) is 0 Å². The van der Waals surface area contributed by atoms with Crippen molar-refractivity contribution in [3.63, 3.8) is 0 Å². The topological polar surface area (TPSA) is 37.3 Å². The molecule has 0 heterocycles. The second-order valence-electron chi connectivity index (χ2n) is 13.3. The molecule has 1 N–H and O–H groups in total. The van der Waals surface area contributed by atoms with Crippen molar-refractivity contribution in [2.45, 2.75) is 105 Å². The van der Waals surface area contributed by atoms with Crippen LogP contribution in [0.3, 0.4) is 0 Å². The van der Waals surface area contributed by atoms with E-state index in [0.717, 1.165) is 48.9 Å². The van der Waals surface area contributed by atoms with Crippen LogP contribution in [0.15, 0.2) is 11.6 Å². The summed E-state index contributed by atoms with van der Waals surface area (Å²) in [5.74, 6) is 6.16. The maximum absolute atomic E-state index is 13.5. The van der Waals surface area contributed by atoms with Crippen LogP contribution in [0.1, 0.15) is 98.8 Å². The standard InChI is InChI=1S/C29H46O2/c1-17(22-14-19(22)3)6-7-18(2)23-8-9-24-27-25(11-13-29(23,24)5)28(4)12-10-21(30)15-20(28)16-26(27)31/h16-19,21-25,27,30H,6-15H2,1-5H3/t17?,18-,19-,21+,22+,23-,24?,25?,27?,28+,29-/m1/s1. The van der Waals surface area contributed by atoms with Gasteiger partial charge in [-0.2, -0.15) is 0 Å². The Morgan fingerprint density at radius 1 is 1.03 bits per heavy atom. The van der Waals surface area contributed by atoms with Crippen LogP contribution < -0.4 is 0 Å². The van der Waals surface area contributed by atoms with E-state index < -0.39 is 0 Å². The van der Waals surface area contributed by atoms with Gasteiger partial charge in [0.2, 0.25) is 0 Å². The normalized spacial score (nSPS) is 50.7. The maximum atomic E-state index is 13.5. The van der Waals surface area contributed by atoms with E-state index in [-0.39, 0.29) is 17.4 Å². The third-order valence-electron chi connectivity index (χ3n) is 11.7. The molecular weight excluding hydrogens is 380 g/mol. The number of ketones is 1. The quantitative estimate of drug-likeness (QED) is 0.524. The predicted octanol–water partition coefficient (Wildman–Crippen LogP) is 6.81. The van der Waals surface area contributed by atoms with Gasteiger partial charge < -0.3 is 5.11 Å². The maximum Gasteiger partial charge on any atom is 0.159 e. The van der Waals surface area contributed by atoms with Gasteiger partial charge in [0.1, 0.15) is 0 Å². The Kier molecular flexibility index (Phi) is 5.52. The van der Waals surface area contributed by atoms with Gasteiger partial charge in [0.25, 0.3) is 0 Å². The van der Waals surface area contributed by atoms with Crippen LogP contribution in [0.2, 0.25) is 0 Å². The smallest absolute Gasteiger partial charge is 0.159 e. The summed E-state index contributed by atoms with van der Waals surface area (Å²) in [6.45, 7) is 12.4. The molecule has 31 heavy (non-hydrogen) atoms. The van der Waals surface area contributed by atoms with E-state index in [1.807, 2.05) is 6.08 Å². The van der Waals surface area contributed by atoms with Crippen molar-refractivity contribution in [2.75, 3.05) is 0 Å². The molecule has 2 heteroatoms. The second kappa shape index (κ2) is 7.71. The lowest BCUT2D eigenvalue weighted by Crippen LogP contribution is -2.53. The van der Waals surface area contributed by atoms with E-state index in [2.05, 4.69) is 34.6 Å². The molecule has 0 radical (unpaired) electrons. The summed E-state index contributed by atoms with van der Waals surface area (Å²) in [7, 11) is 0. The molecule has 2 nitrogen and oxygen atoms in total. The molecule has 11 atom stereocenters. The van der Waals surface area contributed by atoms with Gasteiger partial charge in [0.15, 0.2) is 5.78 Å². The van der Waals surface area contributed by atoms with Crippen molar-refractivity contribution in [1.82, 2.24) is 0 Å². The number of hydrogen-bond acceptors (Lipinski definition) is 2. The summed E-state index contributed by atoms with van der Waals surface area (Å²) in [6, 6.07) is 0. The fourth-order valence-electron chi connectivity index (χ4n) is 9.44. The molecule has 0 bridgehead atoms. The SMILES string of the molecule is CC(CC[C@@H](C)[C@H]1CCC2C3C(=O)C=C4C[C@@H](O)CC[C@]4(C)C3CC[C@@]21C)[C@@H]1C[C@H]1C. The Morgan fingerprint density at radius 2 is 1.74 bits per heavy atom. The van der Waals surface area contributed by atoms with Crippen LogP contribution in [0.4, 0.5) is 0 Å². The summed E-state index contributed by atoms with van der Waals surface area (Å²) < 4.78 is 0. The van der Waals surface area contributed by atoms with Crippen LogP contribution in [0.5, 0.6) is 0 Å². The zero-order chi connectivity index (χ0) is 22.1. The van der Waals surface area contributed by atoms with Crippen LogP contribution in [0, 0.1) is 58.2 Å². The van der Waals surface area contributed by atoms with Gasteiger partial charge in [-0.15, -0.1) is 0 Å². The average Bonchev–Trinajstić information content (AvgIpc) is 3.35. The van der Waals surface area contributed by atoms with Crippen molar-refractivity contribution >= 4 is 5.78 Å². The first-order valence-corrected chi connectivity index (χ1v) is 13.6. The van der Waals surface area contributed by atoms with Crippen LogP contribution >= 0.6 is 0 Å². The van der Waals surface area contributed by atoms with Gasteiger partial charge in [-0.25, -0.2) is 0 Å². The highest BCUT2D eigenvalue weighted by Gasteiger charge is 2.61. The largest absolute Gasteiger partial charge is 0.393 e. The molecule has 5 rings (SSSR count). The molecular formula is C29H46O2. The molecule has 0 amide bonds. The Hall–Kier alpha value is -0.630. The van der Waals surface area contributed by atoms with E-state index in [0.29, 0.717) is 23.0 Å². The third-order valence-corrected chi connectivity index (χ3v) is 11.7. The Labute approximate surface area is 190 Å². The molecule has 0 aromatic carbocycles. The summed E-state index contributed by atoms with van der Waals surface area (Å²) in [5.41, 5.74) is 1.77. The molecule has 0 saturated heterocycles. The summed E-state index contributed by atoms with van der Waals surface area (Å²) in [5, 5.41) is 10.2. The molecule has 0 aromatic heterocycles. The zero-order valence-corrected chi connectivity index (χ0v) is 20.7. The Balaban J connectivity index is 1.32. The Bertz CT molecular complexity index is 754. The van der Waals surface area contributed by atoms with Gasteiger partial charge in [-0.1, -0.05) is 53.0 Å². The highest BCUT2D eigenvalue weighted by molar-refractivity contribution is 5.94. The monoisotopic (exact) mass is 426 g/mol. The van der Waals surface area contributed by atoms with Crippen molar-refractivity contribution in [2.24, 2.45) is 58.2 Å². The van der Waals surface area contributed by atoms with Gasteiger partial charge >= 0.3 is 0 Å². The average molecular weight is 427 g/mol. The number of aliphatic hydroxyl groups excluding tert-OH is 1. The van der Waals surface area contributed by atoms with Gasteiger partial charge in [0, 0.05) is 5.92 Å². The van der Waals surface area contributed by atoms with E-state index in [4.69, 9.17) is 0 Å². The number of hydrogen-bond donors (Lipinski definition) is 1. The summed E-state index contributed by atoms with van der Waals surface area (Å²) >= 11 is 0. The van der Waals surface area contributed by atoms with Crippen molar-refractivity contribution in [3.8, 4) is 0 Å². The van der Waals surface area contributed by atoms with Crippen LogP contribution in [-0.4, -0.2) is 17.0 Å². The van der Waals surface area contributed by atoms with Gasteiger partial charge in [-0.3, -0.25) is 4.79 Å². The number of allylic oxidation sites excluding steroid dienone is 1. The number of rotatable bonds is 5. The minimum Gasteiger partial charge on any atom is -0.393 e. The lowest BCUT2D eigenvalue weighted by Gasteiger charge is -2.57. The van der Waals surface area contributed by atoms with Gasteiger partial charge in [-0.05, 0) is 110 Å². The van der Waals surface area contributed by atoms with E-state index in [1.54, 1.807) is 0 Å². The van der Waals surface area contributed by atoms with Crippen molar-refractivity contribution < 1.29 is 9.90 Å². The number of aliphatic hydroxyl groups is 1. The van der Waals surface area contributed by atoms with Crippen molar-refractivity contribution in [1.29, 1.82) is 0 Å². The molecule has 0 spiro atoms. The number of fused-ring (bicyclic) bond motifs is 5. The first-order chi connectivity index (χ1) is 14.6. The number of carbonyl (C=O) groups excluding carboxylic acids is 1. The third kappa shape index (κ3) is 3.49. The zero-order valence-electron chi connectivity index (χ0n) is 20.7. The molecule has 0 aromatic rings. The lowest BCUT2D eigenvalue weighted by atomic mass is 9.46. The highest BCUT2D eigenvalue weighted by atomic mass is 16.3. The first kappa shape index (κ1) is 22.2.